The summed E-state index contributed by atoms with van der Waals surface area (Å²) in [5.41, 5.74) is 2.75. The molecule has 0 saturated heterocycles. The minimum atomic E-state index is -1.44. The van der Waals surface area contributed by atoms with Gasteiger partial charge in [-0.2, -0.15) is 5.10 Å². The lowest BCUT2D eigenvalue weighted by molar-refractivity contribution is -0.255. The number of carbonyl (C=O) groups is 2. The van der Waals surface area contributed by atoms with Gasteiger partial charge in [-0.05, 0) is 24.3 Å². The van der Waals surface area contributed by atoms with Gasteiger partial charge in [-0.25, -0.2) is 5.43 Å². The third kappa shape index (κ3) is 3.70. The van der Waals surface area contributed by atoms with Crippen LogP contribution in [0.5, 0.6) is 11.5 Å². The second-order valence-corrected chi connectivity index (χ2v) is 4.62. The van der Waals surface area contributed by atoms with Gasteiger partial charge in [0.05, 0.1) is 32.0 Å². The van der Waals surface area contributed by atoms with Crippen LogP contribution in [0.1, 0.15) is 26.3 Å². The molecular formula is C17H15N2O5-. The van der Waals surface area contributed by atoms with Gasteiger partial charge in [0.25, 0.3) is 5.91 Å². The van der Waals surface area contributed by atoms with Gasteiger partial charge in [0.2, 0.25) is 0 Å². The molecule has 0 aliphatic heterocycles. The molecule has 24 heavy (non-hydrogen) atoms. The van der Waals surface area contributed by atoms with Crippen LogP contribution >= 0.6 is 0 Å². The van der Waals surface area contributed by atoms with E-state index in [0.717, 1.165) is 0 Å². The molecule has 0 aliphatic carbocycles. The Hall–Kier alpha value is -3.35. The molecular weight excluding hydrogens is 312 g/mol. The standard InChI is InChI=1S/C17H16N2O5/c1-23-13-9-8-12(14(17(21)22)15(13)24-2)10-18-19-16(20)11-6-4-3-5-7-11/h3-10H,1-2H3,(H,19,20)(H,21,22)/p-1. The Morgan fingerprint density at radius 3 is 2.38 bits per heavy atom. The summed E-state index contributed by atoms with van der Waals surface area (Å²) >= 11 is 0. The van der Waals surface area contributed by atoms with E-state index in [9.17, 15) is 14.7 Å². The van der Waals surface area contributed by atoms with Crippen LogP contribution in [-0.4, -0.2) is 32.3 Å². The molecule has 0 atom stereocenters. The van der Waals surface area contributed by atoms with E-state index in [1.54, 1.807) is 30.3 Å². The summed E-state index contributed by atoms with van der Waals surface area (Å²) in [6.07, 6.45) is 1.20. The molecule has 2 aromatic rings. The number of nitrogens with one attached hydrogen (secondary N) is 1. The minimum absolute atomic E-state index is 0.0239. The van der Waals surface area contributed by atoms with Crippen molar-refractivity contribution in [1.29, 1.82) is 0 Å². The molecule has 0 saturated carbocycles. The highest BCUT2D eigenvalue weighted by molar-refractivity contribution is 6.01. The highest BCUT2D eigenvalue weighted by Gasteiger charge is 2.15. The number of hydrogen-bond donors (Lipinski definition) is 1. The fraction of sp³-hybridized carbons (Fsp3) is 0.118. The summed E-state index contributed by atoms with van der Waals surface area (Å²) in [4.78, 5) is 23.3. The van der Waals surface area contributed by atoms with Crippen LogP contribution in [0.15, 0.2) is 47.6 Å². The summed E-state index contributed by atoms with van der Waals surface area (Å²) in [5, 5.41) is 15.2. The highest BCUT2D eigenvalue weighted by atomic mass is 16.5. The van der Waals surface area contributed by atoms with Crippen molar-refractivity contribution in [3.05, 3.63) is 59.2 Å². The van der Waals surface area contributed by atoms with Crippen molar-refractivity contribution in [1.82, 2.24) is 5.43 Å². The first kappa shape index (κ1) is 17.0. The largest absolute Gasteiger partial charge is 0.545 e. The van der Waals surface area contributed by atoms with Crippen LogP contribution in [0.4, 0.5) is 0 Å². The molecule has 0 bridgehead atoms. The zero-order valence-electron chi connectivity index (χ0n) is 13.1. The highest BCUT2D eigenvalue weighted by Crippen LogP contribution is 2.32. The monoisotopic (exact) mass is 327 g/mol. The van der Waals surface area contributed by atoms with E-state index in [-0.39, 0.29) is 22.6 Å². The number of ether oxygens (including phenoxy) is 2. The third-order valence-corrected chi connectivity index (χ3v) is 3.19. The number of hydrogen-bond acceptors (Lipinski definition) is 6. The normalized spacial score (nSPS) is 10.4. The lowest BCUT2D eigenvalue weighted by Crippen LogP contribution is -2.25. The van der Waals surface area contributed by atoms with E-state index in [1.165, 1.54) is 32.6 Å². The van der Waals surface area contributed by atoms with E-state index >= 15 is 0 Å². The number of amides is 1. The maximum Gasteiger partial charge on any atom is 0.271 e. The van der Waals surface area contributed by atoms with Crippen molar-refractivity contribution in [2.45, 2.75) is 0 Å². The number of aromatic carboxylic acids is 1. The first-order valence-electron chi connectivity index (χ1n) is 6.93. The molecule has 7 nitrogen and oxygen atoms in total. The van der Waals surface area contributed by atoms with E-state index in [1.807, 2.05) is 0 Å². The molecule has 124 valence electrons. The fourth-order valence-corrected chi connectivity index (χ4v) is 2.07. The minimum Gasteiger partial charge on any atom is -0.545 e. The number of hydrazone groups is 1. The zero-order valence-corrected chi connectivity index (χ0v) is 13.1. The Morgan fingerprint density at radius 1 is 1.08 bits per heavy atom. The van der Waals surface area contributed by atoms with Crippen LogP contribution in [-0.2, 0) is 0 Å². The lowest BCUT2D eigenvalue weighted by Gasteiger charge is -2.15. The van der Waals surface area contributed by atoms with Gasteiger partial charge >= 0.3 is 0 Å². The molecule has 0 aromatic heterocycles. The van der Waals surface area contributed by atoms with Crippen molar-refractivity contribution in [2.24, 2.45) is 5.10 Å². The number of carboxylic acid groups (broad SMARTS) is 1. The number of nitrogens with zero attached hydrogens (tertiary/aromatic N) is 1. The molecule has 1 amide bonds. The Labute approximate surface area is 138 Å². The van der Waals surface area contributed by atoms with Gasteiger partial charge in [-0.15, -0.1) is 0 Å². The predicted octanol–water partition coefficient (Wildman–Crippen LogP) is 0.831. The summed E-state index contributed by atoms with van der Waals surface area (Å²) in [6.45, 7) is 0. The Bertz CT molecular complexity index is 772. The van der Waals surface area contributed by atoms with E-state index in [2.05, 4.69) is 10.5 Å². The van der Waals surface area contributed by atoms with Crippen LogP contribution in [0.2, 0.25) is 0 Å². The van der Waals surface area contributed by atoms with Crippen LogP contribution in [0, 0.1) is 0 Å². The number of methoxy groups -OCH3 is 2. The summed E-state index contributed by atoms with van der Waals surface area (Å²) in [5.74, 6) is -1.58. The molecule has 0 unspecified atom stereocenters. The predicted molar refractivity (Wildman–Crippen MR) is 85.4 cm³/mol. The number of carbonyl (C=O) groups excluding carboxylic acids is 2. The summed E-state index contributed by atoms with van der Waals surface area (Å²) < 4.78 is 10.1. The average molecular weight is 327 g/mol. The molecule has 0 fully saturated rings. The topological polar surface area (TPSA) is 100 Å². The van der Waals surface area contributed by atoms with Crippen molar-refractivity contribution in [2.75, 3.05) is 14.2 Å². The van der Waals surface area contributed by atoms with Gasteiger partial charge in [0, 0.05) is 11.1 Å². The molecule has 1 N–H and O–H groups in total. The Kier molecular flexibility index (Phi) is 5.51. The Morgan fingerprint density at radius 2 is 1.79 bits per heavy atom. The zero-order chi connectivity index (χ0) is 17.5. The average Bonchev–Trinajstić information content (AvgIpc) is 2.61. The number of rotatable bonds is 6. The summed E-state index contributed by atoms with van der Waals surface area (Å²) in [7, 11) is 2.72. The van der Waals surface area contributed by atoms with Gasteiger partial charge in [0.15, 0.2) is 11.5 Å². The van der Waals surface area contributed by atoms with Gasteiger partial charge in [0.1, 0.15) is 0 Å². The van der Waals surface area contributed by atoms with Crippen molar-refractivity contribution in [3.8, 4) is 11.5 Å². The second kappa shape index (κ2) is 7.77. The molecule has 0 aliphatic rings. The quantitative estimate of drug-likeness (QED) is 0.626. The lowest BCUT2D eigenvalue weighted by atomic mass is 10.1. The summed E-state index contributed by atoms with van der Waals surface area (Å²) in [6, 6.07) is 11.5. The molecule has 0 heterocycles. The van der Waals surface area contributed by atoms with Crippen LogP contribution < -0.4 is 20.0 Å². The third-order valence-electron chi connectivity index (χ3n) is 3.19. The van der Waals surface area contributed by atoms with Crippen LogP contribution in [0.25, 0.3) is 0 Å². The first-order chi connectivity index (χ1) is 11.6. The Balaban J connectivity index is 2.26. The van der Waals surface area contributed by atoms with Gasteiger partial charge in [-0.1, -0.05) is 18.2 Å². The molecule has 0 radical (unpaired) electrons. The van der Waals surface area contributed by atoms with E-state index in [0.29, 0.717) is 5.56 Å². The number of benzene rings is 2. The smallest absolute Gasteiger partial charge is 0.271 e. The van der Waals surface area contributed by atoms with Crippen LogP contribution in [0.3, 0.4) is 0 Å². The second-order valence-electron chi connectivity index (χ2n) is 4.62. The van der Waals surface area contributed by atoms with Gasteiger partial charge in [-0.3, -0.25) is 4.79 Å². The SMILES string of the molecule is COc1ccc(C=NNC(=O)c2ccccc2)c(C(=O)[O-])c1OC. The molecule has 7 heteroatoms. The maximum absolute atomic E-state index is 11.9. The fourth-order valence-electron chi connectivity index (χ4n) is 2.07. The van der Waals surface area contributed by atoms with Crippen molar-refractivity contribution in [3.63, 3.8) is 0 Å². The van der Waals surface area contributed by atoms with Gasteiger partial charge < -0.3 is 19.4 Å². The maximum atomic E-state index is 11.9. The first-order valence-corrected chi connectivity index (χ1v) is 6.93. The van der Waals surface area contributed by atoms with Crippen molar-refractivity contribution < 1.29 is 24.2 Å². The number of carboxylic acids is 1. The van der Waals surface area contributed by atoms with E-state index in [4.69, 9.17) is 9.47 Å². The molecule has 2 rings (SSSR count). The molecule has 0 spiro atoms. The molecule has 2 aromatic carbocycles. The van der Waals surface area contributed by atoms with E-state index < -0.39 is 11.9 Å². The van der Waals surface area contributed by atoms with Crippen molar-refractivity contribution >= 4 is 18.1 Å².